The van der Waals surface area contributed by atoms with Crippen molar-refractivity contribution in [3.8, 4) is 0 Å². The molecule has 0 aliphatic rings. The molecule has 114 valence electrons. The van der Waals surface area contributed by atoms with E-state index in [-0.39, 0.29) is 0 Å². The maximum absolute atomic E-state index is 2.52. The third-order valence-corrected chi connectivity index (χ3v) is 5.01. The number of hydrogen-bond acceptors (Lipinski definition) is 0. The van der Waals surface area contributed by atoms with E-state index in [1.165, 1.54) is 25.7 Å². The Balaban J connectivity index is 4.32. The van der Waals surface area contributed by atoms with Crippen LogP contribution >= 0.6 is 0 Å². The first kappa shape index (κ1) is 18.7. The van der Waals surface area contributed by atoms with Gasteiger partial charge in [-0.15, -0.1) is 0 Å². The molecule has 0 spiro atoms. The molecule has 4 unspecified atom stereocenters. The molecule has 0 rings (SSSR count). The molecule has 0 aromatic rings. The lowest BCUT2D eigenvalue weighted by atomic mass is 9.79. The van der Waals surface area contributed by atoms with Gasteiger partial charge in [0.1, 0.15) is 0 Å². The van der Waals surface area contributed by atoms with Gasteiger partial charge in [0.2, 0.25) is 0 Å². The molecule has 0 aromatic heterocycles. The van der Waals surface area contributed by atoms with Gasteiger partial charge < -0.3 is 0 Å². The number of unbranched alkanes of at least 4 members (excludes halogenated alkanes) is 1. The van der Waals surface area contributed by atoms with Gasteiger partial charge in [-0.25, -0.2) is 0 Å². The SMILES string of the molecule is CCCCC(C)C=C(C)C(C)CC(C)C(C)C(C)C. The lowest BCUT2D eigenvalue weighted by Gasteiger charge is -2.26. The van der Waals surface area contributed by atoms with Crippen molar-refractivity contribution < 1.29 is 0 Å². The monoisotopic (exact) mass is 266 g/mol. The van der Waals surface area contributed by atoms with E-state index in [0.717, 1.165) is 29.6 Å². The van der Waals surface area contributed by atoms with Crippen molar-refractivity contribution in [1.29, 1.82) is 0 Å². The fourth-order valence-electron chi connectivity index (χ4n) is 2.84. The Morgan fingerprint density at radius 3 is 2.05 bits per heavy atom. The van der Waals surface area contributed by atoms with Crippen LogP contribution < -0.4 is 0 Å². The summed E-state index contributed by atoms with van der Waals surface area (Å²) in [6.07, 6.45) is 7.88. The highest BCUT2D eigenvalue weighted by molar-refractivity contribution is 5.04. The summed E-state index contributed by atoms with van der Waals surface area (Å²) in [5, 5.41) is 0. The van der Waals surface area contributed by atoms with Gasteiger partial charge in [-0.1, -0.05) is 73.0 Å². The van der Waals surface area contributed by atoms with Crippen LogP contribution in [0.15, 0.2) is 11.6 Å². The molecule has 0 saturated carbocycles. The summed E-state index contributed by atoms with van der Waals surface area (Å²) in [6, 6.07) is 0. The van der Waals surface area contributed by atoms with Crippen molar-refractivity contribution >= 4 is 0 Å². The maximum Gasteiger partial charge on any atom is -0.0232 e. The van der Waals surface area contributed by atoms with E-state index in [2.05, 4.69) is 61.5 Å². The van der Waals surface area contributed by atoms with Crippen molar-refractivity contribution in [3.63, 3.8) is 0 Å². The van der Waals surface area contributed by atoms with E-state index < -0.39 is 0 Å². The van der Waals surface area contributed by atoms with Crippen molar-refractivity contribution in [2.45, 2.75) is 81.1 Å². The topological polar surface area (TPSA) is 0 Å². The van der Waals surface area contributed by atoms with Crippen LogP contribution in [-0.4, -0.2) is 0 Å². The zero-order valence-electron chi connectivity index (χ0n) is 14.8. The van der Waals surface area contributed by atoms with Crippen LogP contribution in [0.2, 0.25) is 0 Å². The normalized spacial score (nSPS) is 19.3. The standard InChI is InChI=1S/C19H38/c1-9-10-11-15(4)12-16(5)17(6)13-18(7)19(8)14(2)3/h12,14-15,17-19H,9-11,13H2,1-8H3. The van der Waals surface area contributed by atoms with Crippen LogP contribution in [0.3, 0.4) is 0 Å². The van der Waals surface area contributed by atoms with Gasteiger partial charge in [0.15, 0.2) is 0 Å². The van der Waals surface area contributed by atoms with Gasteiger partial charge in [0, 0.05) is 0 Å². The Labute approximate surface area is 123 Å². The highest BCUT2D eigenvalue weighted by Gasteiger charge is 2.19. The van der Waals surface area contributed by atoms with Crippen LogP contribution in [0.5, 0.6) is 0 Å². The van der Waals surface area contributed by atoms with Gasteiger partial charge in [0.05, 0.1) is 0 Å². The van der Waals surface area contributed by atoms with Crippen LogP contribution in [0.1, 0.15) is 81.1 Å². The van der Waals surface area contributed by atoms with Gasteiger partial charge in [-0.05, 0) is 49.4 Å². The lowest BCUT2D eigenvalue weighted by Crippen LogP contribution is -2.17. The van der Waals surface area contributed by atoms with Gasteiger partial charge in [-0.3, -0.25) is 0 Å². The van der Waals surface area contributed by atoms with Crippen LogP contribution in [-0.2, 0) is 0 Å². The minimum absolute atomic E-state index is 0.736. The molecule has 0 bridgehead atoms. The van der Waals surface area contributed by atoms with Crippen molar-refractivity contribution in [2.75, 3.05) is 0 Å². The van der Waals surface area contributed by atoms with E-state index in [0.29, 0.717) is 0 Å². The molecule has 0 aliphatic carbocycles. The quantitative estimate of drug-likeness (QED) is 0.407. The Kier molecular flexibility index (Phi) is 9.48. The molecular weight excluding hydrogens is 228 g/mol. The molecule has 0 saturated heterocycles. The molecule has 0 heteroatoms. The fourth-order valence-corrected chi connectivity index (χ4v) is 2.84. The Bertz CT molecular complexity index is 249. The summed E-state index contributed by atoms with van der Waals surface area (Å²) in [5.74, 6) is 3.94. The van der Waals surface area contributed by atoms with Gasteiger partial charge in [0.25, 0.3) is 0 Å². The first-order valence-electron chi connectivity index (χ1n) is 8.47. The van der Waals surface area contributed by atoms with E-state index in [1.807, 2.05) is 0 Å². The van der Waals surface area contributed by atoms with Gasteiger partial charge >= 0.3 is 0 Å². The maximum atomic E-state index is 2.52. The van der Waals surface area contributed by atoms with E-state index in [1.54, 1.807) is 5.57 Å². The molecule has 0 aliphatic heterocycles. The summed E-state index contributed by atoms with van der Waals surface area (Å²) in [7, 11) is 0. The molecular formula is C19H38. The smallest absolute Gasteiger partial charge is 0.0232 e. The molecule has 4 atom stereocenters. The lowest BCUT2D eigenvalue weighted by molar-refractivity contribution is 0.262. The second-order valence-electron chi connectivity index (χ2n) is 7.25. The summed E-state index contributed by atoms with van der Waals surface area (Å²) in [6.45, 7) is 18.9. The molecule has 0 amide bonds. The molecule has 0 N–H and O–H groups in total. The first-order chi connectivity index (χ1) is 8.79. The molecule has 0 nitrogen and oxygen atoms in total. The molecule has 0 heterocycles. The number of rotatable bonds is 9. The van der Waals surface area contributed by atoms with Crippen LogP contribution in [0, 0.1) is 29.6 Å². The Hall–Kier alpha value is -0.260. The fraction of sp³-hybridized carbons (Fsp3) is 0.895. The highest BCUT2D eigenvalue weighted by Crippen LogP contribution is 2.29. The molecule has 0 fully saturated rings. The second kappa shape index (κ2) is 9.61. The average molecular weight is 267 g/mol. The summed E-state index contributed by atoms with van der Waals surface area (Å²) < 4.78 is 0. The van der Waals surface area contributed by atoms with E-state index in [9.17, 15) is 0 Å². The number of hydrogen-bond donors (Lipinski definition) is 0. The largest absolute Gasteiger partial charge is 0.0825 e. The minimum Gasteiger partial charge on any atom is -0.0825 e. The summed E-state index contributed by atoms with van der Waals surface area (Å²) in [4.78, 5) is 0. The Morgan fingerprint density at radius 1 is 1.00 bits per heavy atom. The third kappa shape index (κ3) is 7.80. The molecule has 0 aromatic carbocycles. The summed E-state index contributed by atoms with van der Waals surface area (Å²) in [5.41, 5.74) is 1.60. The predicted octanol–water partition coefficient (Wildman–Crippen LogP) is 6.71. The number of allylic oxidation sites excluding steroid dienone is 2. The van der Waals surface area contributed by atoms with Crippen molar-refractivity contribution in [1.82, 2.24) is 0 Å². The van der Waals surface area contributed by atoms with Crippen molar-refractivity contribution in [3.05, 3.63) is 11.6 Å². The minimum atomic E-state index is 0.736. The zero-order valence-corrected chi connectivity index (χ0v) is 14.8. The zero-order chi connectivity index (χ0) is 15.0. The highest BCUT2D eigenvalue weighted by atomic mass is 14.2. The first-order valence-corrected chi connectivity index (χ1v) is 8.47. The van der Waals surface area contributed by atoms with E-state index >= 15 is 0 Å². The van der Waals surface area contributed by atoms with Crippen LogP contribution in [0.4, 0.5) is 0 Å². The van der Waals surface area contributed by atoms with E-state index in [4.69, 9.17) is 0 Å². The summed E-state index contributed by atoms with van der Waals surface area (Å²) >= 11 is 0. The molecule has 0 radical (unpaired) electrons. The van der Waals surface area contributed by atoms with Gasteiger partial charge in [-0.2, -0.15) is 0 Å². The Morgan fingerprint density at radius 2 is 1.58 bits per heavy atom. The van der Waals surface area contributed by atoms with Crippen LogP contribution in [0.25, 0.3) is 0 Å². The van der Waals surface area contributed by atoms with Crippen molar-refractivity contribution in [2.24, 2.45) is 29.6 Å². The average Bonchev–Trinajstić information content (AvgIpc) is 2.34. The third-order valence-electron chi connectivity index (χ3n) is 5.01. The molecule has 19 heavy (non-hydrogen) atoms. The second-order valence-corrected chi connectivity index (χ2v) is 7.25. The predicted molar refractivity (Wildman–Crippen MR) is 89.4 cm³/mol.